The van der Waals surface area contributed by atoms with Crippen LogP contribution in [0.2, 0.25) is 0 Å². The highest BCUT2D eigenvalue weighted by Crippen LogP contribution is 2.28. The van der Waals surface area contributed by atoms with Crippen molar-refractivity contribution < 1.29 is 102 Å². The number of aromatic amines is 3. The second kappa shape index (κ2) is 47.9. The number of aliphatic hydroxyl groups is 2. The molecule has 130 heavy (non-hydrogen) atoms. The molecule has 9 rings (SSSR count). The van der Waals surface area contributed by atoms with Crippen LogP contribution in [-0.4, -0.2) is 321 Å². The number of para-hydroxylation sites is 2. The fourth-order valence-corrected chi connectivity index (χ4v) is 16.8. The Kier molecular flexibility index (Phi) is 37.1. The maximum atomic E-state index is 15.6. The number of nitrogens with one attached hydrogen (secondary N) is 13. The third-order valence-corrected chi connectivity index (χ3v) is 24.5. The van der Waals surface area contributed by atoms with Crippen LogP contribution in [0.3, 0.4) is 0 Å². The van der Waals surface area contributed by atoms with Gasteiger partial charge in [0, 0.05) is 118 Å². The van der Waals surface area contributed by atoms with Gasteiger partial charge >= 0.3 is 5.97 Å². The Morgan fingerprint density at radius 1 is 0.554 bits per heavy atom. The zero-order valence-electron chi connectivity index (χ0n) is 73.6. The number of benzene rings is 3. The van der Waals surface area contributed by atoms with Crippen molar-refractivity contribution in [2.45, 2.75) is 221 Å². The van der Waals surface area contributed by atoms with Crippen LogP contribution in [0.5, 0.6) is 5.75 Å². The van der Waals surface area contributed by atoms with Crippen molar-refractivity contribution in [1.29, 1.82) is 0 Å². The molecule has 43 heteroatoms. The van der Waals surface area contributed by atoms with Gasteiger partial charge in [0.15, 0.2) is 0 Å². The summed E-state index contributed by atoms with van der Waals surface area (Å²) in [6, 6.07) is -2.38. The number of imidazole rings is 1. The lowest BCUT2D eigenvalue weighted by molar-refractivity contribution is -0.149. The molecule has 0 spiro atoms. The number of carboxylic acid groups (broad SMARTS) is 1. The summed E-state index contributed by atoms with van der Waals surface area (Å²) in [4.78, 5) is 266. The molecule has 16 amide bonds. The number of carboxylic acids is 1. The topological polar surface area (TPSA) is 620 Å². The van der Waals surface area contributed by atoms with Crippen molar-refractivity contribution >= 4 is 134 Å². The van der Waals surface area contributed by atoms with Crippen LogP contribution in [0.1, 0.15) is 127 Å². The molecule has 3 saturated heterocycles. The first-order valence-electron chi connectivity index (χ1n) is 43.4. The number of nitrogens with two attached hydrogens (primary N) is 2. The maximum Gasteiger partial charge on any atom is 0.305 e. The number of carbonyl (C=O) groups excluding carboxylic acids is 16. The van der Waals surface area contributed by atoms with Crippen molar-refractivity contribution in [3.8, 4) is 5.75 Å². The number of carbonyl (C=O) groups is 17. The molecule has 0 unspecified atom stereocenters. The zero-order chi connectivity index (χ0) is 94.7. The van der Waals surface area contributed by atoms with Crippen LogP contribution in [0.4, 0.5) is 0 Å². The lowest BCUT2D eigenvalue weighted by Gasteiger charge is -2.36. The van der Waals surface area contributed by atoms with Crippen LogP contribution in [0.25, 0.3) is 21.8 Å². The maximum absolute atomic E-state index is 15.6. The third-order valence-electron chi connectivity index (χ3n) is 23.4. The van der Waals surface area contributed by atoms with Crippen molar-refractivity contribution in [2.24, 2.45) is 11.5 Å². The van der Waals surface area contributed by atoms with Crippen molar-refractivity contribution in [3.05, 3.63) is 120 Å². The normalized spacial score (nSPS) is 25.3. The molecule has 0 aliphatic carbocycles. The quantitative estimate of drug-likeness (QED) is 0.0306. The average molecular weight is 1830 g/mol. The minimum Gasteiger partial charge on any atom is -0.508 e. The summed E-state index contributed by atoms with van der Waals surface area (Å²) >= 11 is 0.796. The van der Waals surface area contributed by atoms with Crippen LogP contribution >= 0.6 is 11.8 Å². The number of nitrogens with zero attached hydrogens (tertiary/aromatic N) is 6. The minimum absolute atomic E-state index is 0.00447. The van der Waals surface area contributed by atoms with Gasteiger partial charge in [0.05, 0.1) is 37.8 Å². The summed E-state index contributed by atoms with van der Waals surface area (Å²) in [5.41, 5.74) is 14.2. The van der Waals surface area contributed by atoms with E-state index in [1.165, 1.54) is 76.7 Å². The molecule has 3 aliphatic rings. The first kappa shape index (κ1) is 101. The van der Waals surface area contributed by atoms with Crippen LogP contribution < -0.4 is 64.6 Å². The van der Waals surface area contributed by atoms with Crippen LogP contribution in [0.15, 0.2) is 97.7 Å². The van der Waals surface area contributed by atoms with E-state index in [9.17, 15) is 73.2 Å². The van der Waals surface area contributed by atoms with E-state index in [4.69, 9.17) is 11.5 Å². The molecule has 3 aromatic carbocycles. The van der Waals surface area contributed by atoms with E-state index >= 15 is 28.8 Å². The number of thioether (sulfide) groups is 1. The minimum atomic E-state index is -2.04. The van der Waals surface area contributed by atoms with Gasteiger partial charge in [-0.1, -0.05) is 88.1 Å². The molecule has 6 heterocycles. The molecular formula is C87H119N21O21S. The zero-order valence-corrected chi connectivity index (χ0v) is 74.5. The number of rotatable bonds is 23. The molecule has 6 aromatic rings. The molecule has 3 aromatic heterocycles. The molecule has 42 nitrogen and oxygen atoms in total. The lowest BCUT2D eigenvalue weighted by Crippen LogP contribution is -2.61. The number of phenols is 1. The Balaban J connectivity index is 1.08. The van der Waals surface area contributed by atoms with Gasteiger partial charge in [0.1, 0.15) is 90.3 Å². The number of aromatic nitrogens is 4. The summed E-state index contributed by atoms with van der Waals surface area (Å²) in [5, 5.41) is 70.2. The number of likely N-dealkylation sites (N-methyl/N-ethyl adjacent to an activating group) is 3. The summed E-state index contributed by atoms with van der Waals surface area (Å²) in [7, 11) is 3.95. The molecule has 3 aliphatic heterocycles. The number of fused-ring (bicyclic) bond motifs is 4. The van der Waals surface area contributed by atoms with E-state index in [-0.39, 0.29) is 94.5 Å². The summed E-state index contributed by atoms with van der Waals surface area (Å²) in [5.74, 6) is -17.8. The second-order valence-corrected chi connectivity index (χ2v) is 33.9. The van der Waals surface area contributed by atoms with Crippen molar-refractivity contribution in [3.63, 3.8) is 0 Å². The van der Waals surface area contributed by atoms with Crippen LogP contribution in [-0.2, 0) is 107 Å². The van der Waals surface area contributed by atoms with Gasteiger partial charge in [0.25, 0.3) is 0 Å². The molecule has 0 radical (unpaired) electrons. The summed E-state index contributed by atoms with van der Waals surface area (Å²) in [6.45, 7) is 3.85. The van der Waals surface area contributed by atoms with E-state index < -0.39 is 229 Å². The molecule has 0 bridgehead atoms. The summed E-state index contributed by atoms with van der Waals surface area (Å²) < 4.78 is 0. The molecule has 0 saturated carbocycles. The van der Waals surface area contributed by atoms with Gasteiger partial charge in [-0.2, -0.15) is 0 Å². The monoisotopic (exact) mass is 1830 g/mol. The fourth-order valence-electron chi connectivity index (χ4n) is 16.0. The highest BCUT2D eigenvalue weighted by atomic mass is 32.2. The highest BCUT2D eigenvalue weighted by molar-refractivity contribution is 8.00. The van der Waals surface area contributed by atoms with Gasteiger partial charge < -0.3 is 125 Å². The molecule has 3 fully saturated rings. The number of aliphatic hydroxyl groups excluding tert-OH is 2. The van der Waals surface area contributed by atoms with Gasteiger partial charge in [-0.05, 0) is 99.9 Å². The largest absolute Gasteiger partial charge is 0.508 e. The molecule has 704 valence electrons. The Bertz CT molecular complexity index is 5030. The molecular weight excluding hydrogens is 1710 g/mol. The SMILES string of the molecule is CCCC[C@H]1C(=O)N(C)[C@@H](CCCC)C(=O)N[C@@H](C)C(=O)N[C@H](C(=O)NCC(N)=O)CSCC(=O)N[C@@H](Cc2ccc(O)cc2)C(=O)N(C)[C@@H](C)C(=O)N[C@@H](CCCN)C(=O)N2CCC[C@H]2C(=O)N[C@@H](Cc2cnc[nH]2)C(=O)N[C@@H](CC(=O)O)C(=O)N2C[C@H](O)C[C@H]2C(=O)N[C@@H](Cc2c[nH]c3ccccc23)C(=O)N[C@@H](CO)C(=O)N[C@@H](Cc2c[nH]c3ccccc23)C(=O)N1C. The number of unbranched alkanes of at least 4 members (excludes halogenated alkanes) is 2. The number of amides is 16. The first-order valence-corrected chi connectivity index (χ1v) is 44.5. The number of hydrogen-bond acceptors (Lipinski definition) is 23. The standard InChI is InChI=1S/C87H119N21O21S/c1-8-10-23-67-80(122)95-47(3)74(116)103-66(76(118)93-41-71(89)112)44-130-45-72(113)96-62(32-49-26-28-53(110)29-27-49)83(125)104(5)48(4)75(117)97-59(22-16-30-88)85(127)107-31-17-25-68(107)81(123)99-61(35-52-40-90-46-94-52)78(120)101-64(37-73(114)115)86(128)108-42-54(111)36-70(108)82(124)98-60(33-50-38-91-57-20-14-12-18-55(50)57)77(119)102-65(43-109)79(121)100-63(34-51-39-92-58-21-15-13-19-56(51)58)84(126)106(7)69(24-11-9-2)87(129)105(67)6/h12-15,18-21,26-29,38-40,46-48,54,59-70,91-92,109-111H,8-11,16-17,22-25,30-37,41-45,88H2,1-7H3,(H2,89,112)(H,90,94)(H,93,118)(H,95,122)(H,96,113)(H,97,117)(H,98,124)(H,99,123)(H,100,121)(H,101,120)(H,102,119)(H,103,116)(H,114,115)/t47-,48-,54+,59-,60-,61-,62-,63-,64-,65-,66-,67-,68-,69-,70-/m0/s1. The Hall–Kier alpha value is -13.0. The van der Waals surface area contributed by atoms with Gasteiger partial charge in [-0.25, -0.2) is 4.98 Å². The molecule has 21 N–H and O–H groups in total. The van der Waals surface area contributed by atoms with E-state index in [2.05, 4.69) is 73.1 Å². The number of aliphatic carboxylic acids is 1. The van der Waals surface area contributed by atoms with E-state index in [0.29, 0.717) is 64.2 Å². The Labute approximate surface area is 753 Å². The van der Waals surface area contributed by atoms with Gasteiger partial charge in [-0.15, -0.1) is 11.8 Å². The number of aromatic hydroxyl groups is 1. The molecule has 15 atom stereocenters. The first-order chi connectivity index (χ1) is 62.0. The number of primary amides is 1. The lowest BCUT2D eigenvalue weighted by atomic mass is 10.00. The predicted octanol–water partition coefficient (Wildman–Crippen LogP) is -2.88. The Morgan fingerprint density at radius 2 is 1.10 bits per heavy atom. The van der Waals surface area contributed by atoms with E-state index in [1.54, 1.807) is 60.9 Å². The van der Waals surface area contributed by atoms with E-state index in [0.717, 1.165) is 31.4 Å². The second-order valence-electron chi connectivity index (χ2n) is 32.9. The number of phenolic OH excluding ortho intramolecular Hbond substituents is 1. The predicted molar refractivity (Wildman–Crippen MR) is 474 cm³/mol. The van der Waals surface area contributed by atoms with Crippen LogP contribution in [0, 0.1) is 0 Å². The number of hydrogen-bond donors (Lipinski definition) is 19. The van der Waals surface area contributed by atoms with Gasteiger partial charge in [0.2, 0.25) is 94.5 Å². The highest BCUT2D eigenvalue weighted by Gasteiger charge is 2.47. The van der Waals surface area contributed by atoms with Gasteiger partial charge in [-0.3, -0.25) is 81.5 Å². The third kappa shape index (κ3) is 27.0. The smallest absolute Gasteiger partial charge is 0.305 e. The number of H-pyrrole nitrogens is 3. The van der Waals surface area contributed by atoms with E-state index in [1.807, 2.05) is 13.8 Å². The Morgan fingerprint density at radius 3 is 1.70 bits per heavy atom. The van der Waals surface area contributed by atoms with Crippen molar-refractivity contribution in [1.82, 2.24) is 97.6 Å². The summed E-state index contributed by atoms with van der Waals surface area (Å²) in [6.07, 6.45) is 3.41. The average Bonchev–Trinajstić information content (AvgIpc) is 1.65. The van der Waals surface area contributed by atoms with Crippen molar-refractivity contribution in [2.75, 3.05) is 65.4 Å². The fraction of sp³-hybridized carbons (Fsp3) is 0.517.